The molecule has 1 N–H and O–H groups in total. The topological polar surface area (TPSA) is 72.0 Å². The maximum absolute atomic E-state index is 13.3. The Labute approximate surface area is 148 Å². The van der Waals surface area contributed by atoms with Gasteiger partial charge in [-0.2, -0.15) is 4.37 Å². The molecule has 1 aromatic heterocycles. The molecular weight excluding hydrogens is 361 g/mol. The highest BCUT2D eigenvalue weighted by Crippen LogP contribution is 2.43. The second kappa shape index (κ2) is 6.29. The van der Waals surface area contributed by atoms with Gasteiger partial charge in [-0.3, -0.25) is 0 Å². The fourth-order valence-corrected chi connectivity index (χ4v) is 4.76. The number of halogens is 1. The lowest BCUT2D eigenvalue weighted by atomic mass is 10.2. The van der Waals surface area contributed by atoms with Crippen LogP contribution in [0.25, 0.3) is 11.4 Å². The van der Waals surface area contributed by atoms with Gasteiger partial charge in [0.2, 0.25) is 10.0 Å². The number of sulfonamides is 1. The molecule has 4 rings (SSSR count). The lowest BCUT2D eigenvalue weighted by Gasteiger charge is -2.05. The van der Waals surface area contributed by atoms with Crippen LogP contribution in [0.15, 0.2) is 59.5 Å². The van der Waals surface area contributed by atoms with Gasteiger partial charge in [0, 0.05) is 17.5 Å². The maximum Gasteiger partial charge on any atom is 0.240 e. The zero-order valence-corrected chi connectivity index (χ0v) is 14.6. The van der Waals surface area contributed by atoms with Crippen molar-refractivity contribution in [2.45, 2.75) is 23.3 Å². The molecule has 2 atom stereocenters. The number of nitrogens with one attached hydrogen (secondary N) is 1. The fraction of sp³-hybridized carbons (Fsp3) is 0.176. The quantitative estimate of drug-likeness (QED) is 0.743. The average Bonchev–Trinajstić information content (AvgIpc) is 3.18. The Bertz CT molecular complexity index is 1010. The van der Waals surface area contributed by atoms with Crippen LogP contribution in [0.1, 0.15) is 17.3 Å². The van der Waals surface area contributed by atoms with Crippen molar-refractivity contribution in [3.8, 4) is 11.4 Å². The van der Waals surface area contributed by atoms with E-state index in [1.807, 2.05) is 0 Å². The van der Waals surface area contributed by atoms with Gasteiger partial charge in [0.25, 0.3) is 0 Å². The lowest BCUT2D eigenvalue weighted by Crippen LogP contribution is -2.26. The van der Waals surface area contributed by atoms with E-state index in [9.17, 15) is 12.8 Å². The van der Waals surface area contributed by atoms with Crippen LogP contribution < -0.4 is 4.72 Å². The van der Waals surface area contributed by atoms with E-state index >= 15 is 0 Å². The first-order valence-corrected chi connectivity index (χ1v) is 9.95. The fourth-order valence-electron chi connectivity index (χ4n) is 2.60. The van der Waals surface area contributed by atoms with Crippen molar-refractivity contribution in [1.29, 1.82) is 0 Å². The van der Waals surface area contributed by atoms with Crippen molar-refractivity contribution < 1.29 is 12.8 Å². The van der Waals surface area contributed by atoms with Crippen LogP contribution in [0.3, 0.4) is 0 Å². The van der Waals surface area contributed by atoms with Crippen molar-refractivity contribution >= 4 is 21.6 Å². The Morgan fingerprint density at radius 1 is 1.12 bits per heavy atom. The number of nitrogens with zero attached hydrogens (tertiary/aromatic N) is 2. The molecule has 0 radical (unpaired) electrons. The van der Waals surface area contributed by atoms with E-state index in [0.29, 0.717) is 17.8 Å². The summed E-state index contributed by atoms with van der Waals surface area (Å²) < 4.78 is 45.0. The molecule has 2 unspecified atom stereocenters. The van der Waals surface area contributed by atoms with E-state index in [-0.39, 0.29) is 22.7 Å². The van der Waals surface area contributed by atoms with Crippen LogP contribution in [0.4, 0.5) is 4.39 Å². The monoisotopic (exact) mass is 375 g/mol. The minimum absolute atomic E-state index is 0.0123. The first-order chi connectivity index (χ1) is 12.0. The molecule has 0 amide bonds. The van der Waals surface area contributed by atoms with Gasteiger partial charge in [-0.05, 0) is 42.2 Å². The number of benzene rings is 2. The van der Waals surface area contributed by atoms with Crippen molar-refractivity contribution in [3.05, 3.63) is 65.4 Å². The summed E-state index contributed by atoms with van der Waals surface area (Å²) in [6.07, 6.45) is 0.684. The standard InChI is InChI=1S/C17H14FN3O2S2/c18-12-6-4-5-11(9-12)16-19-17(24-20-16)14-10-15(14)21-25(22,23)13-7-2-1-3-8-13/h1-9,14-15,21H,10H2. The van der Waals surface area contributed by atoms with Gasteiger partial charge in [0.05, 0.1) is 4.90 Å². The highest BCUT2D eigenvalue weighted by Gasteiger charge is 2.43. The van der Waals surface area contributed by atoms with Crippen LogP contribution in [-0.2, 0) is 10.0 Å². The number of aromatic nitrogens is 2. The summed E-state index contributed by atoms with van der Waals surface area (Å²) in [5.74, 6) is 0.142. The van der Waals surface area contributed by atoms with Crippen molar-refractivity contribution in [2.75, 3.05) is 0 Å². The zero-order chi connectivity index (χ0) is 17.4. The summed E-state index contributed by atoms with van der Waals surface area (Å²) in [6, 6.07) is 14.2. The van der Waals surface area contributed by atoms with E-state index in [0.717, 1.165) is 5.01 Å². The van der Waals surface area contributed by atoms with Crippen LogP contribution in [0.5, 0.6) is 0 Å². The second-order valence-electron chi connectivity index (χ2n) is 5.85. The number of rotatable bonds is 5. The zero-order valence-electron chi connectivity index (χ0n) is 13.0. The molecule has 8 heteroatoms. The van der Waals surface area contributed by atoms with Gasteiger partial charge in [-0.15, -0.1) is 0 Å². The Balaban J connectivity index is 1.47. The van der Waals surface area contributed by atoms with Crippen molar-refractivity contribution in [1.82, 2.24) is 14.1 Å². The summed E-state index contributed by atoms with van der Waals surface area (Å²) >= 11 is 1.23. The molecule has 0 spiro atoms. The Hall–Kier alpha value is -2.16. The van der Waals surface area contributed by atoms with Gasteiger partial charge in [0.15, 0.2) is 5.82 Å². The van der Waals surface area contributed by atoms with Crippen molar-refractivity contribution in [3.63, 3.8) is 0 Å². The molecule has 128 valence electrons. The van der Waals surface area contributed by atoms with Crippen LogP contribution in [0, 0.1) is 5.82 Å². The molecule has 25 heavy (non-hydrogen) atoms. The van der Waals surface area contributed by atoms with E-state index in [2.05, 4.69) is 14.1 Å². The Kier molecular flexibility index (Phi) is 4.10. The third-order valence-electron chi connectivity index (χ3n) is 3.99. The highest BCUT2D eigenvalue weighted by molar-refractivity contribution is 7.89. The van der Waals surface area contributed by atoms with Gasteiger partial charge >= 0.3 is 0 Å². The highest BCUT2D eigenvalue weighted by atomic mass is 32.2. The van der Waals surface area contributed by atoms with Gasteiger partial charge in [-0.25, -0.2) is 22.5 Å². The predicted octanol–water partition coefficient (Wildman–Crippen LogP) is 3.18. The smallest absolute Gasteiger partial charge is 0.219 e. The molecule has 5 nitrogen and oxygen atoms in total. The molecule has 1 fully saturated rings. The summed E-state index contributed by atoms with van der Waals surface area (Å²) in [7, 11) is -3.53. The van der Waals surface area contributed by atoms with E-state index in [1.165, 1.54) is 23.7 Å². The van der Waals surface area contributed by atoms with Gasteiger partial charge in [0.1, 0.15) is 10.8 Å². The molecule has 3 aromatic rings. The molecule has 1 aliphatic carbocycles. The molecule has 1 saturated carbocycles. The second-order valence-corrected chi connectivity index (χ2v) is 8.35. The molecule has 1 aliphatic rings. The maximum atomic E-state index is 13.3. The first kappa shape index (κ1) is 16.3. The van der Waals surface area contributed by atoms with Crippen LogP contribution in [-0.4, -0.2) is 23.8 Å². The molecule has 0 saturated heterocycles. The van der Waals surface area contributed by atoms with E-state index in [4.69, 9.17) is 0 Å². The van der Waals surface area contributed by atoms with E-state index < -0.39 is 10.0 Å². The third-order valence-corrected chi connectivity index (χ3v) is 6.34. The summed E-state index contributed by atoms with van der Waals surface area (Å²) in [4.78, 5) is 4.69. The Morgan fingerprint density at radius 2 is 1.92 bits per heavy atom. The van der Waals surface area contributed by atoms with Crippen LogP contribution in [0.2, 0.25) is 0 Å². The largest absolute Gasteiger partial charge is 0.240 e. The number of hydrogen-bond acceptors (Lipinski definition) is 5. The van der Waals surface area contributed by atoms with Gasteiger partial charge in [-0.1, -0.05) is 30.3 Å². The molecule has 2 aromatic carbocycles. The van der Waals surface area contributed by atoms with Gasteiger partial charge < -0.3 is 0 Å². The minimum Gasteiger partial charge on any atom is -0.219 e. The summed E-state index contributed by atoms with van der Waals surface area (Å²) in [5, 5.41) is 0.764. The SMILES string of the molecule is O=S(=O)(NC1CC1c1nc(-c2cccc(F)c2)ns1)c1ccccc1. The van der Waals surface area contributed by atoms with Crippen molar-refractivity contribution in [2.24, 2.45) is 0 Å². The third kappa shape index (κ3) is 3.46. The molecular formula is C17H14FN3O2S2. The molecule has 1 heterocycles. The number of hydrogen-bond donors (Lipinski definition) is 1. The summed E-state index contributed by atoms with van der Waals surface area (Å²) in [6.45, 7) is 0. The molecule has 0 aliphatic heterocycles. The average molecular weight is 375 g/mol. The molecule has 0 bridgehead atoms. The normalized spacial score (nSPS) is 19.7. The Morgan fingerprint density at radius 3 is 2.68 bits per heavy atom. The predicted molar refractivity (Wildman–Crippen MR) is 93.2 cm³/mol. The minimum atomic E-state index is -3.53. The van der Waals surface area contributed by atoms with Crippen LogP contribution >= 0.6 is 11.5 Å². The summed E-state index contributed by atoms with van der Waals surface area (Å²) in [5.41, 5.74) is 0.615. The van der Waals surface area contributed by atoms with E-state index in [1.54, 1.807) is 42.5 Å². The lowest BCUT2D eigenvalue weighted by molar-refractivity contribution is 0.580. The first-order valence-electron chi connectivity index (χ1n) is 7.70.